The summed E-state index contributed by atoms with van der Waals surface area (Å²) in [7, 11) is 0. The van der Waals surface area contributed by atoms with Crippen molar-refractivity contribution in [2.75, 3.05) is 0 Å². The minimum Gasteiger partial charge on any atom is -0.480 e. The average molecular weight is 316 g/mol. The molecule has 0 unspecified atom stereocenters. The van der Waals surface area contributed by atoms with E-state index in [1.807, 2.05) is 30.3 Å². The molecule has 0 saturated carbocycles. The van der Waals surface area contributed by atoms with E-state index in [-0.39, 0.29) is 6.42 Å². The fourth-order valence-corrected chi connectivity index (χ4v) is 2.20. The van der Waals surface area contributed by atoms with Crippen LogP contribution in [0, 0.1) is 0 Å². The van der Waals surface area contributed by atoms with Crippen LogP contribution in [0.15, 0.2) is 36.5 Å². The summed E-state index contributed by atoms with van der Waals surface area (Å²) in [5.74, 6) is -1.12. The topological polar surface area (TPSA) is 88.5 Å². The Morgan fingerprint density at radius 1 is 1.26 bits per heavy atom. The maximum Gasteiger partial charge on any atom is 0.408 e. The molecule has 0 spiro atoms. The first kappa shape index (κ1) is 16.7. The molecule has 0 aliphatic carbocycles. The van der Waals surface area contributed by atoms with Crippen molar-refractivity contribution in [1.82, 2.24) is 10.3 Å². The molecular formula is C17H20N2O4. The van der Waals surface area contributed by atoms with E-state index in [0.717, 1.165) is 16.5 Å². The maximum absolute atomic E-state index is 11.8. The SMILES string of the molecule is CC(C)(C)OC(=O)N[C@@H](Cc1cccc2cccnc12)C(=O)O. The maximum atomic E-state index is 11.8. The number of nitrogens with one attached hydrogen (secondary N) is 1. The number of carboxylic acids is 1. The van der Waals surface area contributed by atoms with Crippen molar-refractivity contribution in [2.24, 2.45) is 0 Å². The van der Waals surface area contributed by atoms with Crippen molar-refractivity contribution in [2.45, 2.75) is 38.8 Å². The normalized spacial score (nSPS) is 12.7. The number of alkyl carbamates (subject to hydrolysis) is 1. The number of hydrogen-bond donors (Lipinski definition) is 2. The van der Waals surface area contributed by atoms with Crippen LogP contribution in [0.4, 0.5) is 4.79 Å². The second-order valence-electron chi connectivity index (χ2n) is 6.23. The molecule has 1 aromatic carbocycles. The summed E-state index contributed by atoms with van der Waals surface area (Å²) in [5.41, 5.74) is 0.799. The highest BCUT2D eigenvalue weighted by Crippen LogP contribution is 2.17. The Bertz CT molecular complexity index is 717. The summed E-state index contributed by atoms with van der Waals surface area (Å²) in [6.07, 6.45) is 1.03. The molecule has 23 heavy (non-hydrogen) atoms. The van der Waals surface area contributed by atoms with Gasteiger partial charge in [0.2, 0.25) is 0 Å². The van der Waals surface area contributed by atoms with E-state index < -0.39 is 23.7 Å². The number of pyridine rings is 1. The second kappa shape index (κ2) is 6.64. The zero-order valence-corrected chi connectivity index (χ0v) is 13.4. The minimum absolute atomic E-state index is 0.128. The standard InChI is InChI=1S/C17H20N2O4/c1-17(2,3)23-16(22)19-13(15(20)21)10-12-7-4-6-11-8-5-9-18-14(11)12/h4-9,13H,10H2,1-3H3,(H,19,22)(H,20,21)/t13-/m0/s1. The zero-order valence-electron chi connectivity index (χ0n) is 13.4. The summed E-state index contributed by atoms with van der Waals surface area (Å²) in [4.78, 5) is 27.6. The first-order chi connectivity index (χ1) is 10.8. The van der Waals surface area contributed by atoms with Gasteiger partial charge in [-0.25, -0.2) is 9.59 Å². The van der Waals surface area contributed by atoms with Gasteiger partial charge in [-0.15, -0.1) is 0 Å². The van der Waals surface area contributed by atoms with Crippen LogP contribution in [0.5, 0.6) is 0 Å². The number of carboxylic acid groups (broad SMARTS) is 1. The summed E-state index contributed by atoms with van der Waals surface area (Å²) in [6.45, 7) is 5.16. The predicted octanol–water partition coefficient (Wildman–Crippen LogP) is 2.76. The van der Waals surface area contributed by atoms with Gasteiger partial charge in [0.05, 0.1) is 5.52 Å². The minimum atomic E-state index is -1.12. The Balaban J connectivity index is 2.19. The van der Waals surface area contributed by atoms with Crippen LogP contribution >= 0.6 is 0 Å². The molecule has 1 heterocycles. The molecule has 6 heteroatoms. The number of nitrogens with zero attached hydrogens (tertiary/aromatic N) is 1. The van der Waals surface area contributed by atoms with E-state index in [2.05, 4.69) is 10.3 Å². The van der Waals surface area contributed by atoms with E-state index in [1.165, 1.54) is 0 Å². The highest BCUT2D eigenvalue weighted by Gasteiger charge is 2.24. The number of aliphatic carboxylic acids is 1. The molecule has 2 aromatic rings. The predicted molar refractivity (Wildman–Crippen MR) is 86.2 cm³/mol. The third kappa shape index (κ3) is 4.67. The zero-order chi connectivity index (χ0) is 17.0. The van der Waals surface area contributed by atoms with Crippen LogP contribution < -0.4 is 5.32 Å². The molecule has 0 aliphatic rings. The summed E-state index contributed by atoms with van der Waals surface area (Å²) in [5, 5.41) is 12.7. The highest BCUT2D eigenvalue weighted by molar-refractivity contribution is 5.84. The number of aromatic nitrogens is 1. The molecule has 0 radical (unpaired) electrons. The number of rotatable bonds is 4. The van der Waals surface area contributed by atoms with Gasteiger partial charge >= 0.3 is 12.1 Å². The van der Waals surface area contributed by atoms with E-state index in [9.17, 15) is 14.7 Å². The van der Waals surface area contributed by atoms with E-state index in [0.29, 0.717) is 0 Å². The summed E-state index contributed by atoms with van der Waals surface area (Å²) >= 11 is 0. The third-order valence-corrected chi connectivity index (χ3v) is 3.13. The lowest BCUT2D eigenvalue weighted by Gasteiger charge is -2.22. The Morgan fingerprint density at radius 2 is 1.96 bits per heavy atom. The van der Waals surface area contributed by atoms with Gasteiger partial charge in [-0.3, -0.25) is 4.98 Å². The van der Waals surface area contributed by atoms with Crippen LogP contribution in [0.1, 0.15) is 26.3 Å². The van der Waals surface area contributed by atoms with Crippen molar-refractivity contribution in [1.29, 1.82) is 0 Å². The molecule has 1 amide bonds. The molecule has 6 nitrogen and oxygen atoms in total. The van der Waals surface area contributed by atoms with Crippen LogP contribution in [-0.4, -0.2) is 33.8 Å². The first-order valence-corrected chi connectivity index (χ1v) is 7.31. The molecule has 1 atom stereocenters. The van der Waals surface area contributed by atoms with Gasteiger partial charge in [-0.05, 0) is 32.4 Å². The highest BCUT2D eigenvalue weighted by atomic mass is 16.6. The molecule has 0 bridgehead atoms. The number of benzene rings is 1. The van der Waals surface area contributed by atoms with Crippen LogP contribution in [0.25, 0.3) is 10.9 Å². The average Bonchev–Trinajstić information content (AvgIpc) is 2.44. The summed E-state index contributed by atoms with van der Waals surface area (Å²) < 4.78 is 5.11. The number of para-hydroxylation sites is 1. The molecule has 0 fully saturated rings. The van der Waals surface area contributed by atoms with Gasteiger partial charge in [-0.2, -0.15) is 0 Å². The lowest BCUT2D eigenvalue weighted by Crippen LogP contribution is -2.44. The van der Waals surface area contributed by atoms with Crippen molar-refractivity contribution in [3.63, 3.8) is 0 Å². The van der Waals surface area contributed by atoms with Crippen molar-refractivity contribution >= 4 is 23.0 Å². The van der Waals surface area contributed by atoms with Crippen LogP contribution in [0.2, 0.25) is 0 Å². The van der Waals surface area contributed by atoms with Crippen LogP contribution in [-0.2, 0) is 16.0 Å². The Labute approximate surface area is 134 Å². The lowest BCUT2D eigenvalue weighted by molar-refractivity contribution is -0.139. The number of carbonyl (C=O) groups excluding carboxylic acids is 1. The molecule has 0 aliphatic heterocycles. The smallest absolute Gasteiger partial charge is 0.408 e. The molecule has 0 saturated heterocycles. The van der Waals surface area contributed by atoms with Crippen molar-refractivity contribution in [3.8, 4) is 0 Å². The Morgan fingerprint density at radius 3 is 2.61 bits per heavy atom. The number of fused-ring (bicyclic) bond motifs is 1. The molecular weight excluding hydrogens is 296 g/mol. The fraction of sp³-hybridized carbons (Fsp3) is 0.353. The van der Waals surface area contributed by atoms with Gasteiger partial charge < -0.3 is 15.2 Å². The first-order valence-electron chi connectivity index (χ1n) is 7.31. The Kier molecular flexibility index (Phi) is 4.83. The third-order valence-electron chi connectivity index (χ3n) is 3.13. The van der Waals surface area contributed by atoms with Crippen LogP contribution in [0.3, 0.4) is 0 Å². The van der Waals surface area contributed by atoms with Crippen molar-refractivity contribution in [3.05, 3.63) is 42.1 Å². The lowest BCUT2D eigenvalue weighted by atomic mass is 10.0. The van der Waals surface area contributed by atoms with Gasteiger partial charge in [-0.1, -0.05) is 24.3 Å². The quantitative estimate of drug-likeness (QED) is 0.905. The fourth-order valence-electron chi connectivity index (χ4n) is 2.20. The molecule has 2 rings (SSSR count). The second-order valence-corrected chi connectivity index (χ2v) is 6.23. The number of carbonyl (C=O) groups is 2. The number of ether oxygens (including phenoxy) is 1. The number of amides is 1. The van der Waals surface area contributed by atoms with Gasteiger partial charge in [0.15, 0.2) is 0 Å². The van der Waals surface area contributed by atoms with Crippen molar-refractivity contribution < 1.29 is 19.4 Å². The van der Waals surface area contributed by atoms with E-state index >= 15 is 0 Å². The Hall–Kier alpha value is -2.63. The largest absolute Gasteiger partial charge is 0.480 e. The number of hydrogen-bond acceptors (Lipinski definition) is 4. The van der Waals surface area contributed by atoms with Gasteiger partial charge in [0, 0.05) is 18.0 Å². The summed E-state index contributed by atoms with van der Waals surface area (Å²) in [6, 6.07) is 8.19. The van der Waals surface area contributed by atoms with E-state index in [4.69, 9.17) is 4.74 Å². The van der Waals surface area contributed by atoms with Gasteiger partial charge in [0.25, 0.3) is 0 Å². The van der Waals surface area contributed by atoms with Gasteiger partial charge in [0.1, 0.15) is 11.6 Å². The molecule has 2 N–H and O–H groups in total. The monoisotopic (exact) mass is 316 g/mol. The molecule has 1 aromatic heterocycles. The van der Waals surface area contributed by atoms with E-state index in [1.54, 1.807) is 27.0 Å². The molecule has 122 valence electrons.